The van der Waals surface area contributed by atoms with Crippen LogP contribution in [0.25, 0.3) is 10.8 Å². The lowest BCUT2D eigenvalue weighted by Crippen LogP contribution is -2.06. The Hall–Kier alpha value is -3.01. The van der Waals surface area contributed by atoms with Crippen LogP contribution in [0.2, 0.25) is 0 Å². The molecule has 0 saturated heterocycles. The summed E-state index contributed by atoms with van der Waals surface area (Å²) in [6, 6.07) is 17.2. The molecule has 0 bridgehead atoms. The smallest absolute Gasteiger partial charge is 0.338 e. The lowest BCUT2D eigenvalue weighted by molar-refractivity contribution is 0.0472. The molecular formula is C21H20O4. The van der Waals surface area contributed by atoms with E-state index in [0.29, 0.717) is 17.1 Å². The zero-order valence-corrected chi connectivity index (χ0v) is 14.5. The molecule has 0 aliphatic heterocycles. The molecule has 4 nitrogen and oxygen atoms in total. The third-order valence-corrected chi connectivity index (χ3v) is 4.19. The molecular weight excluding hydrogens is 316 g/mol. The van der Waals surface area contributed by atoms with Crippen molar-refractivity contribution in [2.45, 2.75) is 13.5 Å². The van der Waals surface area contributed by atoms with E-state index in [9.17, 15) is 4.79 Å². The minimum atomic E-state index is -0.347. The molecule has 0 N–H and O–H groups in total. The van der Waals surface area contributed by atoms with E-state index in [2.05, 4.69) is 0 Å². The number of fused-ring (bicyclic) bond motifs is 1. The maximum Gasteiger partial charge on any atom is 0.338 e. The van der Waals surface area contributed by atoms with Crippen molar-refractivity contribution in [1.82, 2.24) is 0 Å². The first-order chi connectivity index (χ1) is 12.1. The van der Waals surface area contributed by atoms with Crippen LogP contribution in [0.15, 0.2) is 54.6 Å². The van der Waals surface area contributed by atoms with Gasteiger partial charge in [-0.15, -0.1) is 0 Å². The van der Waals surface area contributed by atoms with Gasteiger partial charge in [0, 0.05) is 0 Å². The molecule has 0 spiro atoms. The molecule has 0 amide bonds. The maximum atomic E-state index is 12.4. The highest BCUT2D eigenvalue weighted by Gasteiger charge is 2.12. The van der Waals surface area contributed by atoms with Gasteiger partial charge in [-0.05, 0) is 53.1 Å². The van der Waals surface area contributed by atoms with Gasteiger partial charge in [-0.2, -0.15) is 0 Å². The van der Waals surface area contributed by atoms with Gasteiger partial charge in [0.15, 0.2) is 11.5 Å². The molecule has 0 aliphatic rings. The molecule has 3 rings (SSSR count). The Labute approximate surface area is 146 Å². The quantitative estimate of drug-likeness (QED) is 0.643. The summed E-state index contributed by atoms with van der Waals surface area (Å²) in [5, 5.41) is 2.11. The lowest BCUT2D eigenvalue weighted by atomic mass is 10.1. The zero-order chi connectivity index (χ0) is 17.8. The van der Waals surface area contributed by atoms with Crippen molar-refractivity contribution in [3.63, 3.8) is 0 Å². The summed E-state index contributed by atoms with van der Waals surface area (Å²) in [6.45, 7) is 2.12. The van der Waals surface area contributed by atoms with E-state index in [1.807, 2.05) is 55.5 Å². The summed E-state index contributed by atoms with van der Waals surface area (Å²) in [6.07, 6.45) is 0. The number of esters is 1. The predicted molar refractivity (Wildman–Crippen MR) is 97.4 cm³/mol. The molecule has 0 radical (unpaired) electrons. The van der Waals surface area contributed by atoms with Gasteiger partial charge in [-0.25, -0.2) is 4.79 Å². The Morgan fingerprint density at radius 2 is 1.56 bits per heavy atom. The molecule has 0 aromatic heterocycles. The van der Waals surface area contributed by atoms with Gasteiger partial charge in [0.25, 0.3) is 0 Å². The van der Waals surface area contributed by atoms with Crippen LogP contribution >= 0.6 is 0 Å². The first-order valence-corrected chi connectivity index (χ1v) is 8.00. The van der Waals surface area contributed by atoms with E-state index in [0.717, 1.165) is 21.9 Å². The second kappa shape index (κ2) is 7.26. The van der Waals surface area contributed by atoms with Crippen molar-refractivity contribution in [1.29, 1.82) is 0 Å². The van der Waals surface area contributed by atoms with E-state index in [1.54, 1.807) is 20.3 Å². The molecule has 3 aromatic rings. The van der Waals surface area contributed by atoms with Crippen molar-refractivity contribution in [2.24, 2.45) is 0 Å². The molecule has 128 valence electrons. The topological polar surface area (TPSA) is 44.8 Å². The normalized spacial score (nSPS) is 10.5. The predicted octanol–water partition coefficient (Wildman–Crippen LogP) is 4.52. The molecule has 25 heavy (non-hydrogen) atoms. The molecule has 0 fully saturated rings. The first kappa shape index (κ1) is 16.8. The number of carbonyl (C=O) groups is 1. The van der Waals surface area contributed by atoms with E-state index in [-0.39, 0.29) is 12.6 Å². The lowest BCUT2D eigenvalue weighted by Gasteiger charge is -2.13. The minimum Gasteiger partial charge on any atom is -0.493 e. The number of hydrogen-bond acceptors (Lipinski definition) is 4. The third-order valence-electron chi connectivity index (χ3n) is 4.19. The summed E-state index contributed by atoms with van der Waals surface area (Å²) in [7, 11) is 3.18. The van der Waals surface area contributed by atoms with E-state index < -0.39 is 0 Å². The van der Waals surface area contributed by atoms with Crippen LogP contribution in [0.4, 0.5) is 0 Å². The van der Waals surface area contributed by atoms with Crippen molar-refractivity contribution in [3.05, 3.63) is 71.3 Å². The molecule has 0 aliphatic carbocycles. The minimum absolute atomic E-state index is 0.178. The van der Waals surface area contributed by atoms with Gasteiger partial charge in [-0.3, -0.25) is 0 Å². The second-order valence-corrected chi connectivity index (χ2v) is 5.77. The number of benzene rings is 3. The van der Waals surface area contributed by atoms with Crippen molar-refractivity contribution < 1.29 is 19.0 Å². The summed E-state index contributed by atoms with van der Waals surface area (Å²) >= 11 is 0. The van der Waals surface area contributed by atoms with Gasteiger partial charge in [0.2, 0.25) is 0 Å². The first-order valence-electron chi connectivity index (χ1n) is 8.00. The van der Waals surface area contributed by atoms with Crippen molar-refractivity contribution >= 4 is 16.7 Å². The van der Waals surface area contributed by atoms with Crippen LogP contribution in [0.3, 0.4) is 0 Å². The van der Waals surface area contributed by atoms with Gasteiger partial charge < -0.3 is 14.2 Å². The number of ether oxygens (including phenoxy) is 3. The van der Waals surface area contributed by atoms with Crippen molar-refractivity contribution in [2.75, 3.05) is 14.2 Å². The van der Waals surface area contributed by atoms with Gasteiger partial charge in [-0.1, -0.05) is 30.3 Å². The standard InChI is InChI=1S/C21H20O4/c1-14-10-19(23-2)20(24-3)12-18(14)13-25-21(22)17-9-8-15-6-4-5-7-16(15)11-17/h4-12H,13H2,1-3H3. The molecule has 0 atom stereocenters. The summed E-state index contributed by atoms with van der Waals surface area (Å²) in [5.74, 6) is 0.925. The number of methoxy groups -OCH3 is 2. The van der Waals surface area contributed by atoms with Gasteiger partial charge in [0.1, 0.15) is 6.61 Å². The summed E-state index contributed by atoms with van der Waals surface area (Å²) < 4.78 is 16.1. The maximum absolute atomic E-state index is 12.4. The van der Waals surface area contributed by atoms with Gasteiger partial charge in [0.05, 0.1) is 19.8 Å². The fourth-order valence-electron chi connectivity index (χ4n) is 2.72. The Balaban J connectivity index is 1.77. The summed E-state index contributed by atoms with van der Waals surface area (Å²) in [4.78, 5) is 12.4. The summed E-state index contributed by atoms with van der Waals surface area (Å²) in [5.41, 5.74) is 2.40. The van der Waals surface area contributed by atoms with Crippen molar-refractivity contribution in [3.8, 4) is 11.5 Å². The molecule has 0 unspecified atom stereocenters. The Bertz CT molecular complexity index is 915. The molecule has 0 saturated carbocycles. The van der Waals surface area contributed by atoms with E-state index in [1.165, 1.54) is 0 Å². The Morgan fingerprint density at radius 3 is 2.28 bits per heavy atom. The zero-order valence-electron chi connectivity index (χ0n) is 14.5. The van der Waals surface area contributed by atoms with Crippen LogP contribution in [0.1, 0.15) is 21.5 Å². The van der Waals surface area contributed by atoms with E-state index >= 15 is 0 Å². The van der Waals surface area contributed by atoms with Crippen LogP contribution in [-0.2, 0) is 11.3 Å². The fraction of sp³-hybridized carbons (Fsp3) is 0.190. The fourth-order valence-corrected chi connectivity index (χ4v) is 2.72. The van der Waals surface area contributed by atoms with Crippen LogP contribution in [0.5, 0.6) is 11.5 Å². The van der Waals surface area contributed by atoms with Crippen LogP contribution in [-0.4, -0.2) is 20.2 Å². The Kier molecular flexibility index (Phi) is 4.89. The highest BCUT2D eigenvalue weighted by Crippen LogP contribution is 2.30. The number of aryl methyl sites for hydroxylation is 1. The molecule has 3 aromatic carbocycles. The number of carbonyl (C=O) groups excluding carboxylic acids is 1. The third kappa shape index (κ3) is 3.58. The van der Waals surface area contributed by atoms with Crippen LogP contribution in [0, 0.1) is 6.92 Å². The molecule has 4 heteroatoms. The van der Waals surface area contributed by atoms with Gasteiger partial charge >= 0.3 is 5.97 Å². The number of hydrogen-bond donors (Lipinski definition) is 0. The average molecular weight is 336 g/mol. The highest BCUT2D eigenvalue weighted by molar-refractivity contribution is 5.95. The number of rotatable bonds is 5. The SMILES string of the molecule is COc1cc(C)c(COC(=O)c2ccc3ccccc3c2)cc1OC. The van der Waals surface area contributed by atoms with E-state index in [4.69, 9.17) is 14.2 Å². The highest BCUT2D eigenvalue weighted by atomic mass is 16.5. The second-order valence-electron chi connectivity index (χ2n) is 5.77. The average Bonchev–Trinajstić information content (AvgIpc) is 2.66. The monoisotopic (exact) mass is 336 g/mol. The Morgan fingerprint density at radius 1 is 0.880 bits per heavy atom. The van der Waals surface area contributed by atoms with Crippen LogP contribution < -0.4 is 9.47 Å². The largest absolute Gasteiger partial charge is 0.493 e. The molecule has 0 heterocycles.